The Labute approximate surface area is 114 Å². The Bertz CT molecular complexity index is 375. The summed E-state index contributed by atoms with van der Waals surface area (Å²) < 4.78 is 0. The smallest absolute Gasteiger partial charge is 0.109 e. The van der Waals surface area contributed by atoms with E-state index in [1.165, 1.54) is 25.1 Å². The van der Waals surface area contributed by atoms with E-state index >= 15 is 0 Å². The van der Waals surface area contributed by atoms with Gasteiger partial charge >= 0.3 is 0 Å². The van der Waals surface area contributed by atoms with Gasteiger partial charge < -0.3 is 10.6 Å². The molecule has 2 rings (SSSR count). The molecule has 2 N–H and O–H groups in total. The van der Waals surface area contributed by atoms with Gasteiger partial charge in [0.2, 0.25) is 0 Å². The van der Waals surface area contributed by atoms with Crippen LogP contribution in [0.25, 0.3) is 0 Å². The maximum Gasteiger partial charge on any atom is 0.109 e. The predicted octanol–water partition coefficient (Wildman–Crippen LogP) is 1.69. The van der Waals surface area contributed by atoms with E-state index in [9.17, 15) is 0 Å². The molecule has 1 aliphatic rings. The number of nitrogens with two attached hydrogens (primary N) is 1. The van der Waals surface area contributed by atoms with Crippen LogP contribution in [0.3, 0.4) is 0 Å². The predicted molar refractivity (Wildman–Crippen MR) is 76.7 cm³/mol. The van der Waals surface area contributed by atoms with Crippen LogP contribution in [0.5, 0.6) is 0 Å². The molecule has 1 saturated heterocycles. The van der Waals surface area contributed by atoms with E-state index < -0.39 is 0 Å². The van der Waals surface area contributed by atoms with Gasteiger partial charge in [0, 0.05) is 24.5 Å². The van der Waals surface area contributed by atoms with E-state index in [1.54, 1.807) is 11.3 Å². The van der Waals surface area contributed by atoms with Gasteiger partial charge in [-0.1, -0.05) is 0 Å². The van der Waals surface area contributed by atoms with Crippen molar-refractivity contribution in [2.24, 2.45) is 5.73 Å². The lowest BCUT2D eigenvalue weighted by Gasteiger charge is -2.26. The standard InChI is InChI=1S/C13H24N4S/c1-10(14)13-15-11(9-18-13)7-17-6-4-5-12(17)8-16(2)3/h9-10,12H,4-8,14H2,1-3H3. The number of aromatic nitrogens is 1. The second-order valence-electron chi connectivity index (χ2n) is 5.49. The zero-order chi connectivity index (χ0) is 13.1. The van der Waals surface area contributed by atoms with Crippen molar-refractivity contribution in [3.8, 4) is 0 Å². The second-order valence-corrected chi connectivity index (χ2v) is 6.38. The molecule has 1 aromatic rings. The molecule has 1 aromatic heterocycles. The first-order valence-electron chi connectivity index (χ1n) is 6.65. The molecular weight excluding hydrogens is 244 g/mol. The average Bonchev–Trinajstić information content (AvgIpc) is 2.89. The largest absolute Gasteiger partial charge is 0.322 e. The molecular formula is C13H24N4S. The van der Waals surface area contributed by atoms with Crippen LogP contribution >= 0.6 is 11.3 Å². The Morgan fingerprint density at radius 2 is 2.39 bits per heavy atom. The SMILES string of the molecule is CC(N)c1nc(CN2CCCC2CN(C)C)cs1. The van der Waals surface area contributed by atoms with Crippen LogP contribution in [-0.4, -0.2) is 48.0 Å². The Kier molecular flexibility index (Phi) is 4.72. The number of thiazole rings is 1. The third-order valence-corrected chi connectivity index (χ3v) is 4.49. The zero-order valence-electron chi connectivity index (χ0n) is 11.6. The normalized spacial score (nSPS) is 22.8. The van der Waals surface area contributed by atoms with Gasteiger partial charge in [0.25, 0.3) is 0 Å². The summed E-state index contributed by atoms with van der Waals surface area (Å²) in [6, 6.07) is 0.736. The number of likely N-dealkylation sites (N-methyl/N-ethyl adjacent to an activating group) is 1. The molecule has 0 saturated carbocycles. The molecule has 0 bridgehead atoms. The molecule has 2 unspecified atom stereocenters. The molecule has 0 radical (unpaired) electrons. The van der Waals surface area contributed by atoms with E-state index in [4.69, 9.17) is 5.73 Å². The summed E-state index contributed by atoms with van der Waals surface area (Å²) in [6.45, 7) is 5.31. The molecule has 18 heavy (non-hydrogen) atoms. The quantitative estimate of drug-likeness (QED) is 0.883. The fourth-order valence-electron chi connectivity index (χ4n) is 2.54. The summed E-state index contributed by atoms with van der Waals surface area (Å²) >= 11 is 1.68. The van der Waals surface area contributed by atoms with Crippen molar-refractivity contribution in [2.45, 2.75) is 38.4 Å². The van der Waals surface area contributed by atoms with Gasteiger partial charge in [0.1, 0.15) is 5.01 Å². The summed E-state index contributed by atoms with van der Waals surface area (Å²) in [6.07, 6.45) is 2.62. The van der Waals surface area contributed by atoms with Crippen LogP contribution in [0.2, 0.25) is 0 Å². The van der Waals surface area contributed by atoms with Gasteiger partial charge in [-0.25, -0.2) is 4.98 Å². The molecule has 1 fully saturated rings. The minimum absolute atomic E-state index is 0.0555. The van der Waals surface area contributed by atoms with Crippen molar-refractivity contribution in [1.29, 1.82) is 0 Å². The first kappa shape index (κ1) is 13.9. The van der Waals surface area contributed by atoms with Crippen molar-refractivity contribution in [3.63, 3.8) is 0 Å². The van der Waals surface area contributed by atoms with Crippen LogP contribution in [0.15, 0.2) is 5.38 Å². The fraction of sp³-hybridized carbons (Fsp3) is 0.769. The number of likely N-dealkylation sites (tertiary alicyclic amines) is 1. The zero-order valence-corrected chi connectivity index (χ0v) is 12.4. The highest BCUT2D eigenvalue weighted by molar-refractivity contribution is 7.09. The fourth-order valence-corrected chi connectivity index (χ4v) is 3.31. The molecule has 1 aliphatic heterocycles. The van der Waals surface area contributed by atoms with Gasteiger partial charge in [-0.2, -0.15) is 0 Å². The van der Waals surface area contributed by atoms with E-state index in [0.717, 1.165) is 18.1 Å². The number of hydrogen-bond acceptors (Lipinski definition) is 5. The van der Waals surface area contributed by atoms with Gasteiger partial charge in [-0.15, -0.1) is 11.3 Å². The second kappa shape index (κ2) is 6.10. The van der Waals surface area contributed by atoms with Gasteiger partial charge in [-0.05, 0) is 40.4 Å². The van der Waals surface area contributed by atoms with E-state index in [0.29, 0.717) is 6.04 Å². The molecule has 2 atom stereocenters. The van der Waals surface area contributed by atoms with Crippen molar-refractivity contribution in [2.75, 3.05) is 27.2 Å². The molecule has 0 amide bonds. The number of nitrogens with zero attached hydrogens (tertiary/aromatic N) is 3. The summed E-state index contributed by atoms with van der Waals surface area (Å²) in [5.74, 6) is 0. The topological polar surface area (TPSA) is 45.4 Å². The van der Waals surface area contributed by atoms with E-state index in [1.807, 2.05) is 6.92 Å². The van der Waals surface area contributed by atoms with E-state index in [2.05, 4.69) is 34.3 Å². The summed E-state index contributed by atoms with van der Waals surface area (Å²) in [5.41, 5.74) is 7.03. The Hall–Kier alpha value is -0.490. The van der Waals surface area contributed by atoms with Crippen LogP contribution < -0.4 is 5.73 Å². The Morgan fingerprint density at radius 3 is 3.00 bits per heavy atom. The molecule has 0 aromatic carbocycles. The molecule has 4 nitrogen and oxygen atoms in total. The van der Waals surface area contributed by atoms with Crippen molar-refractivity contribution < 1.29 is 0 Å². The Morgan fingerprint density at radius 1 is 1.61 bits per heavy atom. The third-order valence-electron chi connectivity index (χ3n) is 3.40. The molecule has 102 valence electrons. The van der Waals surface area contributed by atoms with Gasteiger partial charge in [-0.3, -0.25) is 4.90 Å². The van der Waals surface area contributed by atoms with Gasteiger partial charge in [0.05, 0.1) is 11.7 Å². The van der Waals surface area contributed by atoms with Crippen LogP contribution in [0, 0.1) is 0 Å². The lowest BCUT2D eigenvalue weighted by Crippen LogP contribution is -2.37. The molecule has 2 heterocycles. The summed E-state index contributed by atoms with van der Waals surface area (Å²) in [4.78, 5) is 9.46. The Balaban J connectivity index is 1.94. The minimum atomic E-state index is 0.0555. The van der Waals surface area contributed by atoms with Crippen molar-refractivity contribution in [3.05, 3.63) is 16.1 Å². The lowest BCUT2D eigenvalue weighted by molar-refractivity contribution is 0.199. The monoisotopic (exact) mass is 268 g/mol. The van der Waals surface area contributed by atoms with E-state index in [-0.39, 0.29) is 6.04 Å². The highest BCUT2D eigenvalue weighted by atomic mass is 32.1. The highest BCUT2D eigenvalue weighted by Gasteiger charge is 2.25. The van der Waals surface area contributed by atoms with Crippen LogP contribution in [0.4, 0.5) is 0 Å². The third kappa shape index (κ3) is 3.51. The van der Waals surface area contributed by atoms with Crippen molar-refractivity contribution >= 4 is 11.3 Å². The molecule has 0 spiro atoms. The number of rotatable bonds is 5. The molecule has 0 aliphatic carbocycles. The highest BCUT2D eigenvalue weighted by Crippen LogP contribution is 2.22. The maximum atomic E-state index is 5.86. The summed E-state index contributed by atoms with van der Waals surface area (Å²) in [5, 5.41) is 3.21. The maximum absolute atomic E-state index is 5.86. The van der Waals surface area contributed by atoms with Gasteiger partial charge in [0.15, 0.2) is 0 Å². The number of hydrogen-bond donors (Lipinski definition) is 1. The minimum Gasteiger partial charge on any atom is -0.322 e. The molecule has 5 heteroatoms. The first-order chi connectivity index (χ1) is 8.56. The van der Waals surface area contributed by atoms with Crippen LogP contribution in [-0.2, 0) is 6.54 Å². The first-order valence-corrected chi connectivity index (χ1v) is 7.53. The lowest BCUT2D eigenvalue weighted by atomic mass is 10.2. The van der Waals surface area contributed by atoms with Crippen LogP contribution in [0.1, 0.15) is 36.5 Å². The summed E-state index contributed by atoms with van der Waals surface area (Å²) in [7, 11) is 4.29. The van der Waals surface area contributed by atoms with Crippen molar-refractivity contribution in [1.82, 2.24) is 14.8 Å². The average molecular weight is 268 g/mol.